The van der Waals surface area contributed by atoms with Crippen LogP contribution in [-0.4, -0.2) is 19.1 Å². The summed E-state index contributed by atoms with van der Waals surface area (Å²) in [5.41, 5.74) is 4.10. The van der Waals surface area contributed by atoms with Crippen LogP contribution in [0.4, 0.5) is 11.4 Å². The number of ether oxygens (including phenoxy) is 1. The highest BCUT2D eigenvalue weighted by Crippen LogP contribution is 2.21. The van der Waals surface area contributed by atoms with Gasteiger partial charge in [0, 0.05) is 17.4 Å². The van der Waals surface area contributed by atoms with Crippen LogP contribution in [0.2, 0.25) is 0 Å². The normalized spacial score (nSPS) is 10.1. The molecular formula is C20H24N2O2. The van der Waals surface area contributed by atoms with Crippen LogP contribution in [0, 0.1) is 6.92 Å². The van der Waals surface area contributed by atoms with E-state index in [1.807, 2.05) is 37.3 Å². The van der Waals surface area contributed by atoms with Crippen molar-refractivity contribution in [1.82, 2.24) is 0 Å². The second-order valence-electron chi connectivity index (χ2n) is 5.49. The van der Waals surface area contributed by atoms with Crippen molar-refractivity contribution >= 4 is 17.3 Å². The van der Waals surface area contributed by atoms with E-state index in [1.165, 1.54) is 5.56 Å². The summed E-state index contributed by atoms with van der Waals surface area (Å²) in [6.45, 7) is 8.42. The topological polar surface area (TPSA) is 50.4 Å². The van der Waals surface area contributed by atoms with Gasteiger partial charge in [-0.2, -0.15) is 0 Å². The number of aryl methyl sites for hydroxylation is 2. The molecule has 0 saturated heterocycles. The van der Waals surface area contributed by atoms with Crippen LogP contribution >= 0.6 is 0 Å². The summed E-state index contributed by atoms with van der Waals surface area (Å²) >= 11 is 0. The van der Waals surface area contributed by atoms with Crippen LogP contribution < -0.4 is 15.4 Å². The summed E-state index contributed by atoms with van der Waals surface area (Å²) < 4.78 is 5.47. The van der Waals surface area contributed by atoms with Gasteiger partial charge < -0.3 is 15.4 Å². The van der Waals surface area contributed by atoms with E-state index in [-0.39, 0.29) is 12.5 Å². The Morgan fingerprint density at radius 3 is 2.79 bits per heavy atom. The highest BCUT2D eigenvalue weighted by molar-refractivity contribution is 5.94. The summed E-state index contributed by atoms with van der Waals surface area (Å²) in [5, 5.41) is 6.12. The molecule has 0 fully saturated rings. The minimum Gasteiger partial charge on any atom is -0.489 e. The van der Waals surface area contributed by atoms with Crippen molar-refractivity contribution in [1.29, 1.82) is 0 Å². The monoisotopic (exact) mass is 324 g/mol. The quantitative estimate of drug-likeness (QED) is 0.716. The number of carbonyl (C=O) groups excluding carboxylic acids is 1. The Morgan fingerprint density at radius 1 is 1.25 bits per heavy atom. The number of carbonyl (C=O) groups is 1. The van der Waals surface area contributed by atoms with E-state index < -0.39 is 0 Å². The van der Waals surface area contributed by atoms with Crippen molar-refractivity contribution in [2.75, 3.05) is 23.8 Å². The first-order valence-electron chi connectivity index (χ1n) is 8.10. The molecule has 24 heavy (non-hydrogen) atoms. The summed E-state index contributed by atoms with van der Waals surface area (Å²) in [7, 11) is 0. The first-order valence-corrected chi connectivity index (χ1v) is 8.10. The molecule has 4 heteroatoms. The molecule has 0 saturated carbocycles. The lowest BCUT2D eigenvalue weighted by molar-refractivity contribution is -0.114. The molecule has 0 aliphatic rings. The minimum atomic E-state index is -0.0961. The smallest absolute Gasteiger partial charge is 0.243 e. The molecule has 0 bridgehead atoms. The average Bonchev–Trinajstić information content (AvgIpc) is 2.59. The Labute approximate surface area is 143 Å². The zero-order valence-electron chi connectivity index (χ0n) is 14.3. The molecule has 0 aromatic heterocycles. The molecule has 0 unspecified atom stereocenters. The molecule has 4 nitrogen and oxygen atoms in total. The van der Waals surface area contributed by atoms with Gasteiger partial charge >= 0.3 is 0 Å². The van der Waals surface area contributed by atoms with Crippen LogP contribution in [0.3, 0.4) is 0 Å². The van der Waals surface area contributed by atoms with Crippen LogP contribution in [0.15, 0.2) is 55.1 Å². The third-order valence-corrected chi connectivity index (χ3v) is 3.65. The Bertz CT molecular complexity index is 711. The Morgan fingerprint density at radius 2 is 2.04 bits per heavy atom. The van der Waals surface area contributed by atoms with Crippen molar-refractivity contribution in [3.63, 3.8) is 0 Å². The van der Waals surface area contributed by atoms with Gasteiger partial charge in [-0.3, -0.25) is 4.79 Å². The van der Waals surface area contributed by atoms with Crippen molar-refractivity contribution in [2.24, 2.45) is 0 Å². The highest BCUT2D eigenvalue weighted by atomic mass is 16.5. The zero-order valence-corrected chi connectivity index (χ0v) is 14.3. The van der Waals surface area contributed by atoms with E-state index in [9.17, 15) is 4.79 Å². The maximum absolute atomic E-state index is 12.2. The molecule has 126 valence electrons. The van der Waals surface area contributed by atoms with Crippen LogP contribution in [0.25, 0.3) is 0 Å². The molecule has 2 N–H and O–H groups in total. The number of hydrogen-bond acceptors (Lipinski definition) is 3. The van der Waals surface area contributed by atoms with Crippen LogP contribution in [-0.2, 0) is 11.2 Å². The van der Waals surface area contributed by atoms with E-state index in [0.717, 1.165) is 17.7 Å². The lowest BCUT2D eigenvalue weighted by Crippen LogP contribution is -2.22. The van der Waals surface area contributed by atoms with E-state index in [4.69, 9.17) is 4.74 Å². The maximum Gasteiger partial charge on any atom is 0.243 e. The predicted octanol–water partition coefficient (Wildman–Crippen LogP) is 4.17. The summed E-state index contributed by atoms with van der Waals surface area (Å²) in [6, 6.07) is 13.5. The van der Waals surface area contributed by atoms with Crippen molar-refractivity contribution in [3.05, 3.63) is 66.2 Å². The van der Waals surface area contributed by atoms with E-state index >= 15 is 0 Å². The zero-order chi connectivity index (χ0) is 17.4. The van der Waals surface area contributed by atoms with E-state index in [2.05, 4.69) is 30.2 Å². The van der Waals surface area contributed by atoms with Crippen LogP contribution in [0.5, 0.6) is 5.75 Å². The van der Waals surface area contributed by atoms with Gasteiger partial charge in [-0.05, 0) is 36.6 Å². The molecular weight excluding hydrogens is 300 g/mol. The van der Waals surface area contributed by atoms with Crippen LogP contribution in [0.1, 0.15) is 18.1 Å². The lowest BCUT2D eigenvalue weighted by Gasteiger charge is -2.14. The summed E-state index contributed by atoms with van der Waals surface area (Å²) in [4.78, 5) is 12.2. The largest absolute Gasteiger partial charge is 0.489 e. The molecule has 1 amide bonds. The standard InChI is InChI=1S/C20H24N2O2/c1-4-12-24-18-11-7-10-17(13-18)22-19(23)14-21-20-15(3)8-6-9-16(20)5-2/h4,6-11,13,21H,1,5,12,14H2,2-3H3,(H,22,23). The summed E-state index contributed by atoms with van der Waals surface area (Å²) in [5.74, 6) is 0.606. The molecule has 0 atom stereocenters. The molecule has 2 rings (SSSR count). The van der Waals surface area contributed by atoms with Gasteiger partial charge in [0.2, 0.25) is 5.91 Å². The first kappa shape index (κ1) is 17.6. The second-order valence-corrected chi connectivity index (χ2v) is 5.49. The van der Waals surface area contributed by atoms with Gasteiger partial charge in [0.05, 0.1) is 6.54 Å². The molecule has 0 radical (unpaired) electrons. The molecule has 0 aliphatic heterocycles. The SMILES string of the molecule is C=CCOc1cccc(NC(=O)CNc2c(C)cccc2CC)c1. The van der Waals surface area contributed by atoms with Gasteiger partial charge in [0.1, 0.15) is 12.4 Å². The minimum absolute atomic E-state index is 0.0961. The van der Waals surface area contributed by atoms with E-state index in [1.54, 1.807) is 12.1 Å². The van der Waals surface area contributed by atoms with Gasteiger partial charge in [-0.1, -0.05) is 43.8 Å². The molecule has 0 heterocycles. The summed E-state index contributed by atoms with van der Waals surface area (Å²) in [6.07, 6.45) is 2.61. The average molecular weight is 324 g/mol. The fraction of sp³-hybridized carbons (Fsp3) is 0.250. The van der Waals surface area contributed by atoms with Gasteiger partial charge in [-0.15, -0.1) is 0 Å². The fourth-order valence-corrected chi connectivity index (χ4v) is 2.47. The fourth-order valence-electron chi connectivity index (χ4n) is 2.47. The van der Waals surface area contributed by atoms with Gasteiger partial charge in [-0.25, -0.2) is 0 Å². The lowest BCUT2D eigenvalue weighted by atomic mass is 10.1. The number of anilines is 2. The predicted molar refractivity (Wildman–Crippen MR) is 99.8 cm³/mol. The highest BCUT2D eigenvalue weighted by Gasteiger charge is 2.07. The third kappa shape index (κ3) is 4.88. The molecule has 0 spiro atoms. The Balaban J connectivity index is 1.95. The maximum atomic E-state index is 12.2. The number of nitrogens with one attached hydrogen (secondary N) is 2. The Kier molecular flexibility index (Phi) is 6.43. The van der Waals surface area contributed by atoms with Gasteiger partial charge in [0.15, 0.2) is 0 Å². The van der Waals surface area contributed by atoms with E-state index in [0.29, 0.717) is 18.0 Å². The number of benzene rings is 2. The first-order chi connectivity index (χ1) is 11.6. The van der Waals surface area contributed by atoms with Crippen molar-refractivity contribution < 1.29 is 9.53 Å². The van der Waals surface area contributed by atoms with Crippen molar-refractivity contribution in [2.45, 2.75) is 20.3 Å². The number of hydrogen-bond donors (Lipinski definition) is 2. The Hall–Kier alpha value is -2.75. The number of para-hydroxylation sites is 1. The van der Waals surface area contributed by atoms with Gasteiger partial charge in [0.25, 0.3) is 0 Å². The van der Waals surface area contributed by atoms with Crippen molar-refractivity contribution in [3.8, 4) is 5.75 Å². The molecule has 0 aliphatic carbocycles. The second kappa shape index (κ2) is 8.77. The number of rotatable bonds is 8. The third-order valence-electron chi connectivity index (χ3n) is 3.65. The molecule has 2 aromatic carbocycles. The molecule has 2 aromatic rings. The number of amides is 1.